The molecule has 1 saturated heterocycles. The zero-order valence-corrected chi connectivity index (χ0v) is 17.9. The van der Waals surface area contributed by atoms with Gasteiger partial charge in [-0.15, -0.1) is 36.2 Å². The Kier molecular flexibility index (Phi) is 9.31. The molecule has 4 nitrogen and oxygen atoms in total. The van der Waals surface area contributed by atoms with E-state index >= 15 is 0 Å². The molecule has 2 heterocycles. The number of hydrogen-bond acceptors (Lipinski definition) is 4. The monoisotopic (exact) mass is 417 g/mol. The maximum absolute atomic E-state index is 13.3. The topological polar surface area (TPSA) is 45.2 Å². The molecule has 1 amide bonds. The number of halogens is 2. The fourth-order valence-electron chi connectivity index (χ4n) is 3.55. The van der Waals surface area contributed by atoms with Crippen LogP contribution in [0.2, 0.25) is 0 Å². The average molecular weight is 418 g/mol. The van der Waals surface area contributed by atoms with Gasteiger partial charge in [0, 0.05) is 26.1 Å². The Bertz CT molecular complexity index is 662. The Morgan fingerprint density at radius 2 is 1.92 bits per heavy atom. The third-order valence-corrected chi connectivity index (χ3v) is 6.30. The molecule has 3 rings (SSSR count). The van der Waals surface area contributed by atoms with Crippen molar-refractivity contribution in [1.82, 2.24) is 15.2 Å². The van der Waals surface area contributed by atoms with Crippen LogP contribution in [0, 0.1) is 5.41 Å². The predicted molar refractivity (Wildman–Crippen MR) is 115 cm³/mol. The van der Waals surface area contributed by atoms with Crippen molar-refractivity contribution in [3.8, 4) is 0 Å². The maximum Gasteiger partial charge on any atom is 0.229 e. The Labute approximate surface area is 172 Å². The van der Waals surface area contributed by atoms with E-state index in [1.807, 2.05) is 12.1 Å². The second-order valence-corrected chi connectivity index (χ2v) is 7.75. The van der Waals surface area contributed by atoms with Crippen LogP contribution in [0.25, 0.3) is 10.2 Å². The first-order valence-electron chi connectivity index (χ1n) is 9.03. The number of benzene rings is 1. The van der Waals surface area contributed by atoms with Crippen LogP contribution in [0.15, 0.2) is 24.3 Å². The van der Waals surface area contributed by atoms with E-state index in [9.17, 15) is 4.79 Å². The van der Waals surface area contributed by atoms with E-state index < -0.39 is 0 Å². The molecule has 146 valence electrons. The molecule has 0 bridgehead atoms. The molecular formula is C19H29Cl2N3OS. The van der Waals surface area contributed by atoms with Crippen LogP contribution in [-0.4, -0.2) is 42.0 Å². The third kappa shape index (κ3) is 4.89. The van der Waals surface area contributed by atoms with Gasteiger partial charge in [-0.2, -0.15) is 0 Å². The number of carbonyl (C=O) groups is 1. The molecule has 7 heteroatoms. The number of amides is 1. The lowest BCUT2D eigenvalue weighted by Gasteiger charge is -2.35. The summed E-state index contributed by atoms with van der Waals surface area (Å²) in [6.45, 7) is 7.88. The molecule has 0 aliphatic carbocycles. The van der Waals surface area contributed by atoms with Crippen molar-refractivity contribution in [3.63, 3.8) is 0 Å². The van der Waals surface area contributed by atoms with E-state index in [1.54, 1.807) is 11.3 Å². The lowest BCUT2D eigenvalue weighted by Crippen LogP contribution is -2.46. The molecule has 0 atom stereocenters. The van der Waals surface area contributed by atoms with Crippen molar-refractivity contribution in [2.75, 3.05) is 26.2 Å². The number of thiazole rings is 1. The number of nitrogens with zero attached hydrogens (tertiary/aromatic N) is 2. The van der Waals surface area contributed by atoms with E-state index in [4.69, 9.17) is 4.98 Å². The highest BCUT2D eigenvalue weighted by atomic mass is 35.5. The van der Waals surface area contributed by atoms with Gasteiger partial charge in [-0.25, -0.2) is 4.98 Å². The van der Waals surface area contributed by atoms with Crippen LogP contribution in [0.1, 0.15) is 38.1 Å². The minimum atomic E-state index is -0.321. The summed E-state index contributed by atoms with van der Waals surface area (Å²) in [6.07, 6.45) is 3.52. The molecule has 1 aromatic heterocycles. The zero-order valence-electron chi connectivity index (χ0n) is 15.5. The Balaban J connectivity index is 0.00000169. The minimum Gasteiger partial charge on any atom is -0.341 e. The number of aromatic nitrogens is 1. The number of hydrogen-bond donors (Lipinski definition) is 1. The van der Waals surface area contributed by atoms with Crippen molar-refractivity contribution in [2.24, 2.45) is 5.41 Å². The van der Waals surface area contributed by atoms with E-state index in [0.29, 0.717) is 5.91 Å². The fourth-order valence-corrected chi connectivity index (χ4v) is 4.66. The van der Waals surface area contributed by atoms with Crippen LogP contribution in [0.5, 0.6) is 0 Å². The second-order valence-electron chi connectivity index (χ2n) is 6.64. The van der Waals surface area contributed by atoms with Crippen LogP contribution in [0.3, 0.4) is 0 Å². The number of fused-ring (bicyclic) bond motifs is 1. The summed E-state index contributed by atoms with van der Waals surface area (Å²) in [5.74, 6) is 0.315. The maximum atomic E-state index is 13.3. The Morgan fingerprint density at radius 3 is 2.62 bits per heavy atom. The molecule has 26 heavy (non-hydrogen) atoms. The Hall–Kier alpha value is -0.880. The predicted octanol–water partition coefficient (Wildman–Crippen LogP) is 4.31. The van der Waals surface area contributed by atoms with Crippen LogP contribution in [-0.2, 0) is 11.2 Å². The summed E-state index contributed by atoms with van der Waals surface area (Å²) in [4.78, 5) is 20.2. The van der Waals surface area contributed by atoms with Gasteiger partial charge in [0.25, 0.3) is 0 Å². The van der Waals surface area contributed by atoms with Crippen molar-refractivity contribution >= 4 is 52.3 Å². The van der Waals surface area contributed by atoms with Gasteiger partial charge in [-0.05, 0) is 37.9 Å². The van der Waals surface area contributed by atoms with Gasteiger partial charge in [0.15, 0.2) is 0 Å². The fraction of sp³-hybridized carbons (Fsp3) is 0.579. The van der Waals surface area contributed by atoms with Gasteiger partial charge in [0.1, 0.15) is 0 Å². The van der Waals surface area contributed by atoms with Crippen LogP contribution in [0.4, 0.5) is 0 Å². The Morgan fingerprint density at radius 1 is 1.19 bits per heavy atom. The number of carbonyl (C=O) groups excluding carboxylic acids is 1. The van der Waals surface area contributed by atoms with Crippen molar-refractivity contribution in [3.05, 3.63) is 29.3 Å². The van der Waals surface area contributed by atoms with E-state index in [-0.39, 0.29) is 30.2 Å². The first-order valence-corrected chi connectivity index (χ1v) is 9.85. The van der Waals surface area contributed by atoms with Gasteiger partial charge in [-0.1, -0.05) is 26.0 Å². The van der Waals surface area contributed by atoms with Crippen molar-refractivity contribution in [2.45, 2.75) is 39.5 Å². The lowest BCUT2D eigenvalue weighted by molar-refractivity contribution is -0.142. The first-order chi connectivity index (χ1) is 11.7. The van der Waals surface area contributed by atoms with E-state index in [1.165, 1.54) is 4.70 Å². The molecule has 0 radical (unpaired) electrons. The summed E-state index contributed by atoms with van der Waals surface area (Å²) in [7, 11) is 0. The van der Waals surface area contributed by atoms with Crippen LogP contribution >= 0.6 is 36.2 Å². The summed E-state index contributed by atoms with van der Waals surface area (Å²) in [6, 6.07) is 8.23. The largest absolute Gasteiger partial charge is 0.341 e. The smallest absolute Gasteiger partial charge is 0.229 e. The minimum absolute atomic E-state index is 0. The molecule has 1 aliphatic heterocycles. The molecule has 2 aromatic rings. The molecule has 0 spiro atoms. The number of rotatable bonds is 5. The molecule has 1 aliphatic rings. The molecule has 1 fully saturated rings. The van der Waals surface area contributed by atoms with Gasteiger partial charge < -0.3 is 10.2 Å². The van der Waals surface area contributed by atoms with Gasteiger partial charge in [0.05, 0.1) is 20.6 Å². The second kappa shape index (κ2) is 10.5. The van der Waals surface area contributed by atoms with E-state index in [2.05, 4.69) is 36.2 Å². The van der Waals surface area contributed by atoms with E-state index in [0.717, 1.165) is 62.4 Å². The summed E-state index contributed by atoms with van der Waals surface area (Å²) in [5, 5.41) is 4.47. The normalized spacial score (nSPS) is 15.1. The average Bonchev–Trinajstić information content (AvgIpc) is 2.82. The van der Waals surface area contributed by atoms with Gasteiger partial charge >= 0.3 is 0 Å². The highest BCUT2D eigenvalue weighted by Gasteiger charge is 2.39. The first kappa shape index (κ1) is 23.2. The molecule has 0 unspecified atom stereocenters. The standard InChI is InChI=1S/C19H27N3OS.2ClH/c1-3-19(4-2,18(23)22-12-7-10-20-11-13-22)14-17-21-15-8-5-6-9-16(15)24-17;;/h5-6,8-9,20H,3-4,7,10-14H2,1-2H3;2*1H. The van der Waals surface area contributed by atoms with Crippen LogP contribution < -0.4 is 5.32 Å². The summed E-state index contributed by atoms with van der Waals surface area (Å²) in [5.41, 5.74) is 0.725. The lowest BCUT2D eigenvalue weighted by atomic mass is 9.78. The van der Waals surface area contributed by atoms with Crippen molar-refractivity contribution < 1.29 is 4.79 Å². The summed E-state index contributed by atoms with van der Waals surface area (Å²) < 4.78 is 1.21. The third-order valence-electron chi connectivity index (χ3n) is 5.26. The summed E-state index contributed by atoms with van der Waals surface area (Å²) >= 11 is 1.73. The quantitative estimate of drug-likeness (QED) is 0.787. The van der Waals surface area contributed by atoms with Gasteiger partial charge in [0.2, 0.25) is 5.91 Å². The van der Waals surface area contributed by atoms with Gasteiger partial charge in [-0.3, -0.25) is 4.79 Å². The number of para-hydroxylation sites is 1. The molecule has 0 saturated carbocycles. The SMILES string of the molecule is CCC(CC)(Cc1nc2ccccc2s1)C(=O)N1CCCNCC1.Cl.Cl. The number of nitrogens with one attached hydrogen (secondary N) is 1. The highest BCUT2D eigenvalue weighted by Crippen LogP contribution is 2.36. The molecular weight excluding hydrogens is 389 g/mol. The molecule has 1 aromatic carbocycles. The van der Waals surface area contributed by atoms with Crippen molar-refractivity contribution in [1.29, 1.82) is 0 Å². The molecule has 1 N–H and O–H groups in total. The zero-order chi connectivity index (χ0) is 17.0. The highest BCUT2D eigenvalue weighted by molar-refractivity contribution is 7.18.